The van der Waals surface area contributed by atoms with Gasteiger partial charge in [-0.05, 0) is 0 Å². The molecule has 0 aromatic carbocycles. The van der Waals surface area contributed by atoms with Crippen LogP contribution in [-0.4, -0.2) is 5.23 Å². The zero-order valence-corrected chi connectivity index (χ0v) is 17.3. The van der Waals surface area contributed by atoms with E-state index in [4.69, 9.17) is 0 Å². The number of rotatable bonds is 0. The second kappa shape index (κ2) is 30.2. The molecule has 0 aliphatic rings. The topological polar surface area (TPSA) is 0 Å². The Labute approximate surface area is 131 Å². The smallest absolute Gasteiger partial charge is 0 e. The van der Waals surface area contributed by atoms with Crippen molar-refractivity contribution in [3.63, 3.8) is 0 Å². The molecule has 0 aliphatic carbocycles. The fourth-order valence-corrected chi connectivity index (χ4v) is 0. The number of hydrogen-bond acceptors (Lipinski definition) is 0. The molecule has 0 bridgehead atoms. The summed E-state index contributed by atoms with van der Waals surface area (Å²) >= 11 is 1.81. The summed E-state index contributed by atoms with van der Waals surface area (Å²) in [6.07, 6.45) is 0. The van der Waals surface area contributed by atoms with Gasteiger partial charge in [0.05, 0.1) is 0 Å². The predicted octanol–water partition coefficient (Wildman–Crippen LogP) is 1.46. The molecule has 0 heterocycles. The summed E-state index contributed by atoms with van der Waals surface area (Å²) in [4.78, 5) is 0. The molecule has 0 aromatic heterocycles. The van der Waals surface area contributed by atoms with E-state index in [1.54, 1.807) is 0 Å². The van der Waals surface area contributed by atoms with Gasteiger partial charge in [0.15, 0.2) is 0 Å². The molecule has 0 rings (SSSR count). The minimum absolute atomic E-state index is 0. The summed E-state index contributed by atoms with van der Waals surface area (Å²) in [5.41, 5.74) is 0. The third-order valence-corrected chi connectivity index (χ3v) is 0. The van der Waals surface area contributed by atoms with Gasteiger partial charge in [-0.2, -0.15) is 20.8 Å². The normalized spacial score (nSPS) is 4.33. The average molecular weight is 632 g/mol. The summed E-state index contributed by atoms with van der Waals surface area (Å²) in [6.45, 7) is 6.25. The maximum atomic E-state index is 4.44. The fraction of sp³-hybridized carbons (Fsp3) is 0.600. The van der Waals surface area contributed by atoms with Gasteiger partial charge >= 0.3 is 53.3 Å². The van der Waals surface area contributed by atoms with E-state index in [0.29, 0.717) is 0 Å². The van der Waals surface area contributed by atoms with Crippen LogP contribution in [0.15, 0.2) is 0 Å². The Morgan fingerprint density at radius 1 is 1.11 bits per heavy atom. The molecule has 9 heavy (non-hydrogen) atoms. The van der Waals surface area contributed by atoms with Crippen molar-refractivity contribution in [1.82, 2.24) is 0 Å². The maximum absolute atomic E-state index is 4.44. The first kappa shape index (κ1) is 29.5. The van der Waals surface area contributed by atoms with E-state index in [2.05, 4.69) is 26.0 Å². The van der Waals surface area contributed by atoms with Gasteiger partial charge in [-0.1, -0.05) is 0 Å². The molecule has 0 atom stereocenters. The molecular weight excluding hydrogens is 622 g/mol. The number of hydrogen-bond donors (Lipinski definition) is 0. The summed E-state index contributed by atoms with van der Waals surface area (Å²) in [5, 5.41) is 4.44. The van der Waals surface area contributed by atoms with Gasteiger partial charge in [-0.15, -0.1) is 0 Å². The zero-order chi connectivity index (χ0) is 5.58. The van der Waals surface area contributed by atoms with E-state index in [9.17, 15) is 0 Å². The van der Waals surface area contributed by atoms with Crippen molar-refractivity contribution in [1.29, 1.82) is 0 Å². The SMILES string of the molecule is C[C-](C)C.[CH-]=[V].[U+2].[W].[Y]. The molecule has 0 saturated carbocycles. The summed E-state index contributed by atoms with van der Waals surface area (Å²) in [7, 11) is 0. The van der Waals surface area contributed by atoms with Gasteiger partial charge in [-0.3, -0.25) is 0 Å². The largest absolute Gasteiger partial charge is 2.00 e. The van der Waals surface area contributed by atoms with Crippen molar-refractivity contribution in [3.05, 3.63) is 5.92 Å². The molecule has 0 saturated heterocycles. The Morgan fingerprint density at radius 2 is 1.11 bits per heavy atom. The Bertz CT molecular complexity index is 28.2. The van der Waals surface area contributed by atoms with Gasteiger partial charge in [-0.25, -0.2) is 0 Å². The Balaban J connectivity index is -0.00000000990. The van der Waals surface area contributed by atoms with Crippen LogP contribution in [0.5, 0.6) is 0 Å². The monoisotopic (exact) mass is 632 g/mol. The molecule has 0 aliphatic heterocycles. The van der Waals surface area contributed by atoms with Crippen molar-refractivity contribution < 1.29 is 102 Å². The van der Waals surface area contributed by atoms with E-state index < -0.39 is 0 Å². The second-order valence-corrected chi connectivity index (χ2v) is 1.50. The van der Waals surface area contributed by atoms with Crippen molar-refractivity contribution in [2.75, 3.05) is 0 Å². The van der Waals surface area contributed by atoms with Crippen LogP contribution in [0.4, 0.5) is 0 Å². The van der Waals surface area contributed by atoms with Gasteiger partial charge in [0, 0.05) is 53.8 Å². The zero-order valence-electron chi connectivity index (χ0n) is 6.01. The first-order valence-electron chi connectivity index (χ1n) is 1.76. The first-order valence-corrected chi connectivity index (χ1v) is 2.56. The van der Waals surface area contributed by atoms with Crippen molar-refractivity contribution >= 4 is 5.23 Å². The van der Waals surface area contributed by atoms with E-state index in [-0.39, 0.29) is 84.9 Å². The van der Waals surface area contributed by atoms with E-state index >= 15 is 0 Å². The predicted molar refractivity (Wildman–Crippen MR) is 26.3 cm³/mol. The molecule has 0 nitrogen and oxygen atoms in total. The molecule has 0 unspecified atom stereocenters. The van der Waals surface area contributed by atoms with Crippen LogP contribution < -0.4 is 0 Å². The quantitative estimate of drug-likeness (QED) is 0.356. The van der Waals surface area contributed by atoms with Crippen molar-refractivity contribution in [3.8, 4) is 0 Å². The van der Waals surface area contributed by atoms with Crippen LogP contribution in [0.1, 0.15) is 20.8 Å². The molecule has 0 amide bonds. The van der Waals surface area contributed by atoms with Gasteiger partial charge < -0.3 is 5.92 Å². The Kier molecular flexibility index (Phi) is 98.9. The molecule has 48 valence electrons. The third kappa shape index (κ3) is 89.8. The van der Waals surface area contributed by atoms with Gasteiger partial charge in [0.2, 0.25) is 0 Å². The summed E-state index contributed by atoms with van der Waals surface area (Å²) in [5.74, 6) is 1.42. The van der Waals surface area contributed by atoms with Crippen LogP contribution in [0.3, 0.4) is 0 Å². The molecule has 0 fully saturated rings. The summed E-state index contributed by atoms with van der Waals surface area (Å²) in [6, 6.07) is 0. The molecular formula is C5H10UVWY. The van der Waals surface area contributed by atoms with Crippen LogP contribution in [0.2, 0.25) is 0 Å². The minimum Gasteiger partial charge on any atom is 0 e. The fourth-order valence-electron chi connectivity index (χ4n) is 0. The van der Waals surface area contributed by atoms with Crippen LogP contribution in [0.25, 0.3) is 0 Å². The Morgan fingerprint density at radius 3 is 1.11 bits per heavy atom. The second-order valence-electron chi connectivity index (χ2n) is 1.50. The van der Waals surface area contributed by atoms with Gasteiger partial charge in [0.1, 0.15) is 0 Å². The third-order valence-electron chi connectivity index (χ3n) is 0. The van der Waals surface area contributed by atoms with Gasteiger partial charge in [0.25, 0.3) is 0 Å². The van der Waals surface area contributed by atoms with E-state index in [0.717, 1.165) is 0 Å². The van der Waals surface area contributed by atoms with Crippen LogP contribution >= 0.6 is 0 Å². The van der Waals surface area contributed by atoms with E-state index in [1.165, 1.54) is 5.92 Å². The Hall–Kier alpha value is 3.30. The molecule has 1 radical (unpaired) electrons. The summed E-state index contributed by atoms with van der Waals surface area (Å²) < 4.78 is 0. The minimum atomic E-state index is 0. The van der Waals surface area contributed by atoms with Crippen molar-refractivity contribution in [2.45, 2.75) is 20.8 Å². The van der Waals surface area contributed by atoms with Crippen LogP contribution in [0, 0.1) is 37.0 Å². The standard InChI is InChI=1S/C4H9.CH.U.V.W.Y/c1-4(2)3;;;;;/h1-3H3;1H;;;;/q2*-1;+2;;;. The van der Waals surface area contributed by atoms with Crippen LogP contribution in [-0.2, 0) is 70.8 Å². The maximum Gasteiger partial charge on any atom is 2.00 e. The van der Waals surface area contributed by atoms with E-state index in [1.807, 2.05) is 17.0 Å². The average Bonchev–Trinajstić information content (AvgIpc) is 1.41. The molecule has 4 heteroatoms. The molecule has 0 aromatic rings. The molecule has 0 N–H and O–H groups in total. The molecule has 0 spiro atoms. The van der Waals surface area contributed by atoms with Crippen molar-refractivity contribution in [2.24, 2.45) is 0 Å². The first-order chi connectivity index (χ1) is 2.73.